The van der Waals surface area contributed by atoms with Gasteiger partial charge in [0.25, 0.3) is 0 Å². The second kappa shape index (κ2) is 5.13. The van der Waals surface area contributed by atoms with Crippen molar-refractivity contribution in [3.05, 3.63) is 23.5 Å². The molecule has 1 aliphatic carbocycles. The van der Waals surface area contributed by atoms with E-state index >= 15 is 0 Å². The van der Waals surface area contributed by atoms with Crippen LogP contribution in [0.4, 0.5) is 0 Å². The van der Waals surface area contributed by atoms with Crippen LogP contribution in [0.1, 0.15) is 57.3 Å². The molecule has 1 fully saturated rings. The molecule has 3 rings (SSSR count). The molecule has 1 aliphatic heterocycles. The number of hydrogen-bond acceptors (Lipinski definition) is 2. The first-order valence-electron chi connectivity index (χ1n) is 8.40. The molecule has 1 saturated heterocycles. The van der Waals surface area contributed by atoms with Gasteiger partial charge in [-0.15, -0.1) is 0 Å². The second-order valence-corrected chi connectivity index (χ2v) is 8.61. The van der Waals surface area contributed by atoms with Gasteiger partial charge < -0.3 is 15.2 Å². The zero-order valence-electron chi connectivity index (χ0n) is 14.2. The fourth-order valence-electron chi connectivity index (χ4n) is 4.17. The topological polar surface area (TPSA) is 34.2 Å². The lowest BCUT2D eigenvalue weighted by Crippen LogP contribution is -2.39. The Morgan fingerprint density at radius 1 is 1.24 bits per heavy atom. The monoisotopic (exact) mass is 289 g/mol. The van der Waals surface area contributed by atoms with E-state index in [2.05, 4.69) is 49.5 Å². The van der Waals surface area contributed by atoms with Crippen LogP contribution >= 0.6 is 0 Å². The predicted molar refractivity (Wildman–Crippen MR) is 88.3 cm³/mol. The highest BCUT2D eigenvalue weighted by Gasteiger charge is 2.35. The molecule has 0 bridgehead atoms. The van der Waals surface area contributed by atoms with E-state index in [0.29, 0.717) is 10.8 Å². The molecule has 3 heteroatoms. The number of nitrogens with two attached hydrogens (primary N) is 1. The first-order valence-corrected chi connectivity index (χ1v) is 8.40. The van der Waals surface area contributed by atoms with Crippen molar-refractivity contribution in [2.24, 2.45) is 16.6 Å². The molecular formula is C18H31N3. The van der Waals surface area contributed by atoms with Gasteiger partial charge in [-0.3, -0.25) is 0 Å². The van der Waals surface area contributed by atoms with Gasteiger partial charge >= 0.3 is 0 Å². The highest BCUT2D eigenvalue weighted by atomic mass is 15.1. The molecule has 3 nitrogen and oxygen atoms in total. The molecule has 2 aliphatic rings. The second-order valence-electron chi connectivity index (χ2n) is 8.61. The maximum absolute atomic E-state index is 6.40. The Morgan fingerprint density at radius 2 is 1.90 bits per heavy atom. The maximum Gasteiger partial charge on any atom is 0.0318 e. The maximum atomic E-state index is 6.40. The summed E-state index contributed by atoms with van der Waals surface area (Å²) in [7, 11) is 2.23. The van der Waals surface area contributed by atoms with Crippen LogP contribution in [-0.4, -0.2) is 29.6 Å². The summed E-state index contributed by atoms with van der Waals surface area (Å²) >= 11 is 0. The van der Waals surface area contributed by atoms with Crippen molar-refractivity contribution in [1.29, 1.82) is 0 Å². The van der Waals surface area contributed by atoms with Crippen LogP contribution in [-0.2, 0) is 13.0 Å². The van der Waals surface area contributed by atoms with Gasteiger partial charge in [0.15, 0.2) is 0 Å². The first kappa shape index (κ1) is 15.1. The number of likely N-dealkylation sites (tertiary alicyclic amines) is 1. The standard InChI is InChI=1S/C18H31N3/c1-17(2)11-15(19)14-5-8-21(16(14)12-17)13-18(3)6-9-20(4)10-7-18/h5,8,15H,6-7,9-13,19H2,1-4H3. The Labute approximate surface area is 129 Å². The molecule has 0 radical (unpaired) electrons. The van der Waals surface area contributed by atoms with E-state index in [1.54, 1.807) is 0 Å². The van der Waals surface area contributed by atoms with Crippen molar-refractivity contribution in [1.82, 2.24) is 9.47 Å². The van der Waals surface area contributed by atoms with E-state index in [4.69, 9.17) is 5.73 Å². The van der Waals surface area contributed by atoms with E-state index in [1.807, 2.05) is 0 Å². The average molecular weight is 289 g/mol. The molecule has 21 heavy (non-hydrogen) atoms. The third kappa shape index (κ3) is 3.04. The van der Waals surface area contributed by atoms with Gasteiger partial charge in [-0.2, -0.15) is 0 Å². The summed E-state index contributed by atoms with van der Waals surface area (Å²) in [5, 5.41) is 0. The van der Waals surface area contributed by atoms with Gasteiger partial charge in [0.05, 0.1) is 0 Å². The van der Waals surface area contributed by atoms with E-state index in [1.165, 1.54) is 43.6 Å². The SMILES string of the molecule is CN1CCC(C)(Cn2ccc3c2CC(C)(C)CC3N)CC1. The van der Waals surface area contributed by atoms with Crippen LogP contribution in [0.15, 0.2) is 12.3 Å². The first-order chi connectivity index (χ1) is 9.78. The van der Waals surface area contributed by atoms with Crippen LogP contribution in [0.25, 0.3) is 0 Å². The highest BCUT2D eigenvalue weighted by molar-refractivity contribution is 5.30. The predicted octanol–water partition coefficient (Wildman–Crippen LogP) is 3.19. The molecule has 0 amide bonds. The molecule has 1 atom stereocenters. The summed E-state index contributed by atoms with van der Waals surface area (Å²) in [6, 6.07) is 2.49. The number of rotatable bonds is 2. The Balaban J connectivity index is 1.82. The molecule has 1 aromatic heterocycles. The molecule has 1 aromatic rings. The van der Waals surface area contributed by atoms with Crippen molar-refractivity contribution in [3.8, 4) is 0 Å². The van der Waals surface area contributed by atoms with Crippen LogP contribution < -0.4 is 5.73 Å². The van der Waals surface area contributed by atoms with Crippen molar-refractivity contribution in [3.63, 3.8) is 0 Å². The Hall–Kier alpha value is -0.800. The molecule has 0 saturated carbocycles. The minimum absolute atomic E-state index is 0.218. The summed E-state index contributed by atoms with van der Waals surface area (Å²) in [5.41, 5.74) is 10.1. The molecule has 0 aromatic carbocycles. The fraction of sp³-hybridized carbons (Fsp3) is 0.778. The number of piperidine rings is 1. The van der Waals surface area contributed by atoms with Crippen molar-refractivity contribution in [2.45, 2.75) is 59.0 Å². The van der Waals surface area contributed by atoms with E-state index in [-0.39, 0.29) is 6.04 Å². The van der Waals surface area contributed by atoms with Gasteiger partial charge in [-0.05, 0) is 68.3 Å². The van der Waals surface area contributed by atoms with Crippen LogP contribution in [0, 0.1) is 10.8 Å². The third-order valence-electron chi connectivity index (χ3n) is 5.68. The smallest absolute Gasteiger partial charge is 0.0318 e. The third-order valence-corrected chi connectivity index (χ3v) is 5.68. The van der Waals surface area contributed by atoms with Crippen molar-refractivity contribution < 1.29 is 0 Å². The Bertz CT molecular complexity index is 507. The van der Waals surface area contributed by atoms with E-state index < -0.39 is 0 Å². The van der Waals surface area contributed by atoms with Crippen LogP contribution in [0.2, 0.25) is 0 Å². The summed E-state index contributed by atoms with van der Waals surface area (Å²) in [6.45, 7) is 10.8. The summed E-state index contributed by atoms with van der Waals surface area (Å²) in [5.74, 6) is 0. The Kier molecular flexibility index (Phi) is 3.69. The summed E-state index contributed by atoms with van der Waals surface area (Å²) in [6.07, 6.45) is 7.15. The zero-order chi connectivity index (χ0) is 15.3. The summed E-state index contributed by atoms with van der Waals surface area (Å²) in [4.78, 5) is 2.45. The highest BCUT2D eigenvalue weighted by Crippen LogP contribution is 2.41. The van der Waals surface area contributed by atoms with Crippen LogP contribution in [0.3, 0.4) is 0 Å². The molecule has 2 N–H and O–H groups in total. The Morgan fingerprint density at radius 3 is 2.57 bits per heavy atom. The number of aromatic nitrogens is 1. The van der Waals surface area contributed by atoms with Crippen LogP contribution in [0.5, 0.6) is 0 Å². The molecular weight excluding hydrogens is 258 g/mol. The number of hydrogen-bond donors (Lipinski definition) is 1. The lowest BCUT2D eigenvalue weighted by Gasteiger charge is -2.40. The quantitative estimate of drug-likeness (QED) is 0.907. The lowest BCUT2D eigenvalue weighted by molar-refractivity contribution is 0.118. The summed E-state index contributed by atoms with van der Waals surface area (Å²) < 4.78 is 2.52. The van der Waals surface area contributed by atoms with Gasteiger partial charge in [0.1, 0.15) is 0 Å². The molecule has 0 spiro atoms. The zero-order valence-corrected chi connectivity index (χ0v) is 14.2. The van der Waals surface area contributed by atoms with Gasteiger partial charge in [-0.25, -0.2) is 0 Å². The van der Waals surface area contributed by atoms with Crippen molar-refractivity contribution in [2.75, 3.05) is 20.1 Å². The minimum atomic E-state index is 0.218. The largest absolute Gasteiger partial charge is 0.351 e. The van der Waals surface area contributed by atoms with Gasteiger partial charge in [0, 0.05) is 24.5 Å². The van der Waals surface area contributed by atoms with Crippen molar-refractivity contribution >= 4 is 0 Å². The number of nitrogens with zero attached hydrogens (tertiary/aromatic N) is 2. The van der Waals surface area contributed by atoms with E-state index in [9.17, 15) is 0 Å². The minimum Gasteiger partial charge on any atom is -0.351 e. The average Bonchev–Trinajstić information content (AvgIpc) is 2.75. The lowest BCUT2D eigenvalue weighted by atomic mass is 9.74. The number of fused-ring (bicyclic) bond motifs is 1. The normalized spacial score (nSPS) is 28.3. The van der Waals surface area contributed by atoms with E-state index in [0.717, 1.165) is 13.0 Å². The van der Waals surface area contributed by atoms with Gasteiger partial charge in [0.2, 0.25) is 0 Å². The molecule has 118 valence electrons. The van der Waals surface area contributed by atoms with Gasteiger partial charge in [-0.1, -0.05) is 20.8 Å². The molecule has 1 unspecified atom stereocenters. The molecule has 2 heterocycles. The fourth-order valence-corrected chi connectivity index (χ4v) is 4.17.